The summed E-state index contributed by atoms with van der Waals surface area (Å²) in [6.45, 7) is 0.873. The number of hydrogen-bond acceptors (Lipinski definition) is 5. The Hall–Kier alpha value is -2.43. The van der Waals surface area contributed by atoms with Gasteiger partial charge in [-0.05, 0) is 18.2 Å². The van der Waals surface area contributed by atoms with Gasteiger partial charge in [0.05, 0.1) is 24.0 Å². The lowest BCUT2D eigenvalue weighted by molar-refractivity contribution is 0.102. The fraction of sp³-hybridized carbons (Fsp3) is 0.167. The summed E-state index contributed by atoms with van der Waals surface area (Å²) in [5.74, 6) is -0.466. The van der Waals surface area contributed by atoms with Crippen LogP contribution in [0.15, 0.2) is 24.4 Å². The molecule has 8 heteroatoms. The van der Waals surface area contributed by atoms with Gasteiger partial charge >= 0.3 is 0 Å². The number of benzene rings is 1. The highest BCUT2D eigenvalue weighted by Gasteiger charge is 2.13. The van der Waals surface area contributed by atoms with E-state index < -0.39 is 5.91 Å². The Kier molecular flexibility index (Phi) is 4.30. The first-order valence-corrected chi connectivity index (χ1v) is 6.13. The molecule has 102 valence electrons. The highest BCUT2D eigenvalue weighted by Crippen LogP contribution is 2.20. The summed E-state index contributed by atoms with van der Waals surface area (Å²) in [7, 11) is 0. The first-order valence-electron chi connectivity index (χ1n) is 5.75. The molecule has 2 rings (SSSR count). The molecule has 7 nitrogen and oxygen atoms in total. The number of nitrogens with one attached hydrogen (secondary N) is 1. The van der Waals surface area contributed by atoms with E-state index in [1.165, 1.54) is 23.0 Å². The van der Waals surface area contributed by atoms with Crippen LogP contribution in [0.4, 0.5) is 5.69 Å². The Bertz CT molecular complexity index is 675. The van der Waals surface area contributed by atoms with Crippen molar-refractivity contribution in [1.29, 1.82) is 5.26 Å². The number of carbonyl (C=O) groups is 1. The standard InChI is InChI=1S/C12H11ClN6O/c13-9-2-1-8(6-15)10(5-9)16-12(20)11-7-19(4-3-14)18-17-11/h1-2,5,7H,3-4,14H2,(H,16,20). The topological polar surface area (TPSA) is 110 Å². The Morgan fingerprint density at radius 2 is 2.35 bits per heavy atom. The third kappa shape index (κ3) is 3.12. The first kappa shape index (κ1) is 14.0. The molecule has 0 aliphatic heterocycles. The third-order valence-corrected chi connectivity index (χ3v) is 2.71. The average Bonchev–Trinajstić information content (AvgIpc) is 2.88. The summed E-state index contributed by atoms with van der Waals surface area (Å²) in [4.78, 5) is 12.0. The van der Waals surface area contributed by atoms with E-state index in [1.807, 2.05) is 6.07 Å². The van der Waals surface area contributed by atoms with Crippen LogP contribution in [0.3, 0.4) is 0 Å². The van der Waals surface area contributed by atoms with Crippen molar-refractivity contribution in [3.8, 4) is 6.07 Å². The molecule has 0 aliphatic carbocycles. The van der Waals surface area contributed by atoms with Crippen molar-refractivity contribution in [1.82, 2.24) is 15.0 Å². The van der Waals surface area contributed by atoms with Crippen molar-refractivity contribution in [2.24, 2.45) is 5.73 Å². The van der Waals surface area contributed by atoms with Crippen LogP contribution in [-0.2, 0) is 6.54 Å². The number of aromatic nitrogens is 3. The van der Waals surface area contributed by atoms with E-state index in [-0.39, 0.29) is 5.69 Å². The molecule has 3 N–H and O–H groups in total. The lowest BCUT2D eigenvalue weighted by Crippen LogP contribution is -2.13. The van der Waals surface area contributed by atoms with E-state index in [0.29, 0.717) is 29.4 Å². The van der Waals surface area contributed by atoms with Gasteiger partial charge in [-0.2, -0.15) is 5.26 Å². The van der Waals surface area contributed by atoms with Gasteiger partial charge in [-0.15, -0.1) is 5.10 Å². The molecule has 1 amide bonds. The van der Waals surface area contributed by atoms with Crippen molar-refractivity contribution < 1.29 is 4.79 Å². The molecular formula is C12H11ClN6O. The van der Waals surface area contributed by atoms with Gasteiger partial charge in [0.1, 0.15) is 6.07 Å². The van der Waals surface area contributed by atoms with Gasteiger partial charge < -0.3 is 11.1 Å². The molecule has 1 aromatic carbocycles. The van der Waals surface area contributed by atoms with Crippen molar-refractivity contribution in [3.63, 3.8) is 0 Å². The van der Waals surface area contributed by atoms with E-state index in [4.69, 9.17) is 22.6 Å². The summed E-state index contributed by atoms with van der Waals surface area (Å²) >= 11 is 5.84. The van der Waals surface area contributed by atoms with Gasteiger partial charge in [0.2, 0.25) is 0 Å². The van der Waals surface area contributed by atoms with Crippen molar-refractivity contribution in [2.75, 3.05) is 11.9 Å². The van der Waals surface area contributed by atoms with E-state index in [0.717, 1.165) is 0 Å². The molecule has 0 spiro atoms. The van der Waals surface area contributed by atoms with Crippen LogP contribution in [0.25, 0.3) is 0 Å². The molecule has 0 aliphatic rings. The highest BCUT2D eigenvalue weighted by atomic mass is 35.5. The first-order chi connectivity index (χ1) is 9.63. The van der Waals surface area contributed by atoms with Crippen LogP contribution in [0.2, 0.25) is 5.02 Å². The smallest absolute Gasteiger partial charge is 0.277 e. The number of hydrogen-bond donors (Lipinski definition) is 2. The Morgan fingerprint density at radius 3 is 3.05 bits per heavy atom. The summed E-state index contributed by atoms with van der Waals surface area (Å²) < 4.78 is 1.47. The quantitative estimate of drug-likeness (QED) is 0.873. The SMILES string of the molecule is N#Cc1ccc(Cl)cc1NC(=O)c1cn(CCN)nn1. The minimum atomic E-state index is -0.466. The number of anilines is 1. The number of nitriles is 1. The van der Waals surface area contributed by atoms with E-state index in [2.05, 4.69) is 15.6 Å². The zero-order valence-electron chi connectivity index (χ0n) is 10.4. The molecule has 1 aromatic heterocycles. The molecule has 0 radical (unpaired) electrons. The van der Waals surface area contributed by atoms with Gasteiger partial charge in [-0.25, -0.2) is 0 Å². The normalized spacial score (nSPS) is 10.1. The van der Waals surface area contributed by atoms with Crippen molar-refractivity contribution in [3.05, 3.63) is 40.7 Å². The number of halogens is 1. The summed E-state index contributed by atoms with van der Waals surface area (Å²) in [5, 5.41) is 19.5. The van der Waals surface area contributed by atoms with Gasteiger partial charge in [0, 0.05) is 11.6 Å². The van der Waals surface area contributed by atoms with Crippen LogP contribution in [0.5, 0.6) is 0 Å². The number of nitrogens with zero attached hydrogens (tertiary/aromatic N) is 4. The fourth-order valence-corrected chi connectivity index (χ4v) is 1.72. The molecule has 0 bridgehead atoms. The molecule has 0 unspecified atom stereocenters. The van der Waals surface area contributed by atoms with Crippen LogP contribution >= 0.6 is 11.6 Å². The highest BCUT2D eigenvalue weighted by molar-refractivity contribution is 6.31. The number of rotatable bonds is 4. The van der Waals surface area contributed by atoms with E-state index >= 15 is 0 Å². The maximum Gasteiger partial charge on any atom is 0.277 e. The molecule has 0 atom stereocenters. The van der Waals surface area contributed by atoms with Crippen LogP contribution in [0.1, 0.15) is 16.1 Å². The predicted octanol–water partition coefficient (Wildman–Crippen LogP) is 1.01. The number of amides is 1. The zero-order valence-corrected chi connectivity index (χ0v) is 11.1. The molecular weight excluding hydrogens is 280 g/mol. The van der Waals surface area contributed by atoms with Crippen LogP contribution in [-0.4, -0.2) is 27.4 Å². The minimum Gasteiger partial charge on any atom is -0.329 e. The molecule has 0 fully saturated rings. The molecule has 1 heterocycles. The molecule has 2 aromatic rings. The summed E-state index contributed by atoms with van der Waals surface area (Å²) in [6.07, 6.45) is 1.48. The molecule has 0 saturated heterocycles. The van der Waals surface area contributed by atoms with E-state index in [1.54, 1.807) is 6.07 Å². The maximum atomic E-state index is 12.0. The second-order valence-electron chi connectivity index (χ2n) is 3.91. The van der Waals surface area contributed by atoms with E-state index in [9.17, 15) is 4.79 Å². The molecule has 0 saturated carbocycles. The Labute approximate surface area is 119 Å². The summed E-state index contributed by atoms with van der Waals surface area (Å²) in [6, 6.07) is 6.58. The third-order valence-electron chi connectivity index (χ3n) is 2.48. The maximum absolute atomic E-state index is 12.0. The average molecular weight is 291 g/mol. The number of nitrogens with two attached hydrogens (primary N) is 1. The van der Waals surface area contributed by atoms with Gasteiger partial charge in [-0.1, -0.05) is 16.8 Å². The van der Waals surface area contributed by atoms with Crippen LogP contribution in [0, 0.1) is 11.3 Å². The zero-order chi connectivity index (χ0) is 14.5. The fourth-order valence-electron chi connectivity index (χ4n) is 1.55. The lowest BCUT2D eigenvalue weighted by Gasteiger charge is -2.05. The second-order valence-corrected chi connectivity index (χ2v) is 4.35. The minimum absolute atomic E-state index is 0.141. The van der Waals surface area contributed by atoms with Crippen molar-refractivity contribution in [2.45, 2.75) is 6.54 Å². The Balaban J connectivity index is 2.19. The largest absolute Gasteiger partial charge is 0.329 e. The monoisotopic (exact) mass is 290 g/mol. The lowest BCUT2D eigenvalue weighted by atomic mass is 10.2. The second kappa shape index (κ2) is 6.14. The summed E-state index contributed by atoms with van der Waals surface area (Å²) in [5.41, 5.74) is 6.17. The predicted molar refractivity (Wildman–Crippen MR) is 73.2 cm³/mol. The Morgan fingerprint density at radius 1 is 1.55 bits per heavy atom. The van der Waals surface area contributed by atoms with Crippen molar-refractivity contribution >= 4 is 23.2 Å². The van der Waals surface area contributed by atoms with Gasteiger partial charge in [0.15, 0.2) is 5.69 Å². The van der Waals surface area contributed by atoms with Gasteiger partial charge in [-0.3, -0.25) is 9.48 Å². The van der Waals surface area contributed by atoms with Crippen LogP contribution < -0.4 is 11.1 Å². The molecule has 20 heavy (non-hydrogen) atoms. The van der Waals surface area contributed by atoms with Gasteiger partial charge in [0.25, 0.3) is 5.91 Å². The number of carbonyl (C=O) groups excluding carboxylic acids is 1.